The van der Waals surface area contributed by atoms with E-state index in [9.17, 15) is 17.2 Å². The predicted octanol–water partition coefficient (Wildman–Crippen LogP) is 7.21. The molecule has 42 heavy (non-hydrogen) atoms. The van der Waals surface area contributed by atoms with Crippen molar-refractivity contribution in [3.8, 4) is 5.75 Å². The molecule has 3 aromatic rings. The van der Waals surface area contributed by atoms with Crippen molar-refractivity contribution in [1.82, 2.24) is 0 Å². The number of anilines is 1. The third kappa shape index (κ3) is 9.32. The lowest BCUT2D eigenvalue weighted by Crippen LogP contribution is -2.33. The lowest BCUT2D eigenvalue weighted by Gasteiger charge is -2.39. The maximum Gasteiger partial charge on any atom is 0.269 e. The highest BCUT2D eigenvalue weighted by Gasteiger charge is 2.32. The molecule has 0 saturated carbocycles. The molecule has 0 radical (unpaired) electrons. The van der Waals surface area contributed by atoms with Crippen molar-refractivity contribution in [3.05, 3.63) is 117 Å². The zero-order chi connectivity index (χ0) is 31.7. The van der Waals surface area contributed by atoms with Crippen LogP contribution in [0.4, 0.5) is 14.5 Å². The van der Waals surface area contributed by atoms with E-state index in [0.717, 1.165) is 17.3 Å². The van der Waals surface area contributed by atoms with Gasteiger partial charge in [0.25, 0.3) is 10.1 Å². The molecule has 12 heteroatoms. The summed E-state index contributed by atoms with van der Waals surface area (Å²) in [5.41, 5.74) is 6.48. The van der Waals surface area contributed by atoms with Crippen molar-refractivity contribution in [1.29, 1.82) is 0 Å². The van der Waals surface area contributed by atoms with Gasteiger partial charge in [0.15, 0.2) is 0 Å². The van der Waals surface area contributed by atoms with Crippen LogP contribution in [0.25, 0.3) is 0 Å². The maximum atomic E-state index is 14.8. The van der Waals surface area contributed by atoms with Crippen LogP contribution in [0, 0.1) is 11.6 Å². The number of ether oxygens (including phenoxy) is 1. The fourth-order valence-corrected chi connectivity index (χ4v) is 5.89. The van der Waals surface area contributed by atoms with Gasteiger partial charge in [-0.2, -0.15) is 8.42 Å². The van der Waals surface area contributed by atoms with Crippen LogP contribution >= 0.6 is 23.4 Å². The van der Waals surface area contributed by atoms with Gasteiger partial charge < -0.3 is 15.4 Å². The molecule has 0 saturated heterocycles. The van der Waals surface area contributed by atoms with Crippen molar-refractivity contribution in [2.24, 2.45) is 5.73 Å². The van der Waals surface area contributed by atoms with Gasteiger partial charge in [-0.15, -0.1) is 11.8 Å². The molecule has 0 aliphatic carbocycles. The van der Waals surface area contributed by atoms with E-state index >= 15 is 0 Å². The average molecular weight is 639 g/mol. The first-order valence-electron chi connectivity index (χ1n) is 12.4. The van der Waals surface area contributed by atoms with Crippen LogP contribution in [0.3, 0.4) is 0 Å². The minimum absolute atomic E-state index is 0.145. The summed E-state index contributed by atoms with van der Waals surface area (Å²) >= 11 is 7.54. The number of methoxy groups -OCH3 is 1. The summed E-state index contributed by atoms with van der Waals surface area (Å²) in [7, 11) is -2.73. The molecule has 3 rings (SSSR count). The lowest BCUT2D eigenvalue weighted by atomic mass is 9.80. The molecule has 0 unspecified atom stereocenters. The number of hydrogen-bond acceptors (Lipinski definition) is 6. The molecule has 0 atom stereocenters. The molecule has 1 amide bonds. The highest BCUT2D eigenvalue weighted by Crippen LogP contribution is 2.42. The van der Waals surface area contributed by atoms with Crippen LogP contribution in [-0.2, 0) is 31.8 Å². The first-order valence-corrected chi connectivity index (χ1v) is 15.4. The monoisotopic (exact) mass is 638 g/mol. The molecule has 7 nitrogen and oxygen atoms in total. The van der Waals surface area contributed by atoms with Gasteiger partial charge in [0.05, 0.1) is 17.2 Å². The number of nitrogens with two attached hydrogens (primary N) is 1. The van der Waals surface area contributed by atoms with Gasteiger partial charge in [0.2, 0.25) is 6.41 Å². The Morgan fingerprint density at radius 3 is 2.29 bits per heavy atom. The Labute approximate surface area is 254 Å². The number of allylic oxidation sites excluding steroid dienone is 2. The quantitative estimate of drug-likeness (QED) is 0.169. The Kier molecular flexibility index (Phi) is 12.6. The highest BCUT2D eigenvalue weighted by molar-refractivity contribution is 8.02. The standard InChI is InChI=1S/C29H30ClF2NO4S2.CH3NO/c1-6-28(29(3,4)22-9-14-25(30)27(16-22)37-5)33(24-12-10-23(31)11-13-24)19(2)38-17-21-8-7-20(15-26(21)32)18-39(34,35)36;2-1-3/h6-16H,2,17-18H2,1,3-5H3,(H,34,35,36);1H,(H2,2,3)/b28-6-;. The zero-order valence-electron chi connectivity index (χ0n) is 23.6. The van der Waals surface area contributed by atoms with E-state index in [-0.39, 0.29) is 23.5 Å². The minimum atomic E-state index is -4.27. The molecule has 3 aromatic carbocycles. The number of carbonyl (C=O) groups is 1. The topological polar surface area (TPSA) is 110 Å². The fraction of sp³-hybridized carbons (Fsp3) is 0.233. The number of hydrogen-bond donors (Lipinski definition) is 2. The van der Waals surface area contributed by atoms with E-state index < -0.39 is 27.1 Å². The Hall–Kier alpha value is -3.38. The van der Waals surface area contributed by atoms with E-state index in [2.05, 4.69) is 12.3 Å². The summed E-state index contributed by atoms with van der Waals surface area (Å²) in [6, 6.07) is 15.6. The number of carbonyl (C=O) groups excluding carboxylic acids is 1. The first kappa shape index (κ1) is 34.8. The van der Waals surface area contributed by atoms with Gasteiger partial charge in [-0.3, -0.25) is 9.35 Å². The third-order valence-corrected chi connectivity index (χ3v) is 8.20. The Balaban J connectivity index is 0.00000197. The lowest BCUT2D eigenvalue weighted by molar-refractivity contribution is -0.106. The van der Waals surface area contributed by atoms with E-state index in [0.29, 0.717) is 27.1 Å². The van der Waals surface area contributed by atoms with Gasteiger partial charge >= 0.3 is 0 Å². The molecular formula is C30H33ClF2N2O5S2. The van der Waals surface area contributed by atoms with Gasteiger partial charge in [0.1, 0.15) is 23.1 Å². The van der Waals surface area contributed by atoms with Crippen LogP contribution < -0.4 is 15.4 Å². The van der Waals surface area contributed by atoms with E-state index in [1.165, 1.54) is 36.0 Å². The van der Waals surface area contributed by atoms with E-state index in [4.69, 9.17) is 25.7 Å². The van der Waals surface area contributed by atoms with Crippen molar-refractivity contribution >= 4 is 45.6 Å². The van der Waals surface area contributed by atoms with Crippen molar-refractivity contribution in [2.45, 2.75) is 37.7 Å². The summed E-state index contributed by atoms with van der Waals surface area (Å²) in [4.78, 5) is 10.5. The highest BCUT2D eigenvalue weighted by atomic mass is 35.5. The zero-order valence-corrected chi connectivity index (χ0v) is 26.0. The number of benzene rings is 3. The van der Waals surface area contributed by atoms with Crippen molar-refractivity contribution in [2.75, 3.05) is 12.0 Å². The summed E-state index contributed by atoms with van der Waals surface area (Å²) in [6.07, 6.45) is 2.20. The number of primary amides is 1. The van der Waals surface area contributed by atoms with Crippen molar-refractivity contribution in [3.63, 3.8) is 0 Å². The summed E-state index contributed by atoms with van der Waals surface area (Å²) in [6.45, 7) is 10.2. The molecule has 226 valence electrons. The van der Waals surface area contributed by atoms with Crippen LogP contribution in [0.1, 0.15) is 37.5 Å². The van der Waals surface area contributed by atoms with Gasteiger partial charge in [0, 0.05) is 22.6 Å². The van der Waals surface area contributed by atoms with Crippen molar-refractivity contribution < 1.29 is 31.3 Å². The van der Waals surface area contributed by atoms with Crippen LogP contribution in [0.5, 0.6) is 5.75 Å². The van der Waals surface area contributed by atoms with E-state index in [1.807, 2.05) is 43.9 Å². The number of nitrogens with zero attached hydrogens (tertiary/aromatic N) is 1. The SMILES string of the molecule is C=C(SCc1ccc(CS(=O)(=O)O)cc1F)N(/C(=C\C)C(C)(C)c1ccc(Cl)c(OC)c1)c1ccc(F)cc1.NC=O. The molecule has 0 bridgehead atoms. The van der Waals surface area contributed by atoms with Gasteiger partial charge in [-0.25, -0.2) is 8.78 Å². The Morgan fingerprint density at radius 1 is 1.14 bits per heavy atom. The largest absolute Gasteiger partial charge is 0.495 e. The number of amides is 1. The number of rotatable bonds is 11. The summed E-state index contributed by atoms with van der Waals surface area (Å²) < 4.78 is 65.3. The number of halogens is 3. The Bertz CT molecular complexity index is 1550. The van der Waals surface area contributed by atoms with E-state index in [1.54, 1.807) is 25.3 Å². The molecule has 0 spiro atoms. The fourth-order valence-electron chi connectivity index (χ4n) is 4.21. The third-order valence-electron chi connectivity index (χ3n) is 6.22. The number of thioether (sulfide) groups is 1. The molecule has 0 aliphatic heterocycles. The minimum Gasteiger partial charge on any atom is -0.495 e. The molecule has 0 aromatic heterocycles. The molecular weight excluding hydrogens is 606 g/mol. The Morgan fingerprint density at radius 2 is 1.76 bits per heavy atom. The maximum absolute atomic E-state index is 14.8. The average Bonchev–Trinajstić information content (AvgIpc) is 2.91. The second kappa shape index (κ2) is 15.2. The van der Waals surface area contributed by atoms with Gasteiger partial charge in [-0.05, 0) is 66.1 Å². The smallest absolute Gasteiger partial charge is 0.269 e. The van der Waals surface area contributed by atoms with Crippen LogP contribution in [0.15, 0.2) is 84.0 Å². The predicted molar refractivity (Wildman–Crippen MR) is 166 cm³/mol. The molecule has 0 aliphatic rings. The summed E-state index contributed by atoms with van der Waals surface area (Å²) in [5, 5.41) is 1.05. The molecule has 0 heterocycles. The second-order valence-corrected chi connectivity index (χ2v) is 12.3. The normalized spacial score (nSPS) is 11.8. The first-order chi connectivity index (χ1) is 19.7. The van der Waals surface area contributed by atoms with Crippen LogP contribution in [0.2, 0.25) is 5.02 Å². The summed E-state index contributed by atoms with van der Waals surface area (Å²) in [5.74, 6) is -0.914. The second-order valence-electron chi connectivity index (χ2n) is 9.43. The molecule has 3 N–H and O–H groups in total. The van der Waals surface area contributed by atoms with Crippen LogP contribution in [-0.4, -0.2) is 26.5 Å². The molecule has 0 fully saturated rings. The van der Waals surface area contributed by atoms with Gasteiger partial charge in [-0.1, -0.05) is 56.3 Å².